The summed E-state index contributed by atoms with van der Waals surface area (Å²) in [5, 5.41) is 5.12. The average molecular weight is 423 g/mol. The molecule has 7 heteroatoms. The van der Waals surface area contributed by atoms with Gasteiger partial charge in [-0.15, -0.1) is 0 Å². The second-order valence-corrected chi connectivity index (χ2v) is 7.65. The minimum absolute atomic E-state index is 0.0801. The van der Waals surface area contributed by atoms with Crippen LogP contribution in [0.5, 0.6) is 0 Å². The molecule has 0 bridgehead atoms. The van der Waals surface area contributed by atoms with Gasteiger partial charge < -0.3 is 4.74 Å². The molecule has 0 amide bonds. The van der Waals surface area contributed by atoms with Gasteiger partial charge in [-0.25, -0.2) is 9.67 Å². The number of benzene rings is 1. The van der Waals surface area contributed by atoms with E-state index in [1.54, 1.807) is 6.20 Å². The number of rotatable bonds is 3. The number of aliphatic imine (C=N–C) groups is 1. The third-order valence-corrected chi connectivity index (χ3v) is 5.65. The standard InChI is InChI=1S/C18H17BrClN3O2/c19-16-2-1-12(20)7-11(16)8-13-9-17(24)15-10-21-23(18(15)22-13)14-3-5-25-6-4-14/h1-2,7,10,14H,3-6,8-9H2. The Morgan fingerprint density at radius 2 is 2.12 bits per heavy atom. The lowest BCUT2D eigenvalue weighted by atomic mass is 9.99. The number of hydrogen-bond donors (Lipinski definition) is 0. The van der Waals surface area contributed by atoms with Gasteiger partial charge in [-0.3, -0.25) is 4.79 Å². The molecule has 2 aromatic rings. The SMILES string of the molecule is O=C1CC(Cc2cc(Cl)ccc2Br)=Nc2c1cnn2C1CCOCC1. The molecule has 0 N–H and O–H groups in total. The van der Waals surface area contributed by atoms with E-state index in [2.05, 4.69) is 21.0 Å². The maximum atomic E-state index is 12.5. The van der Waals surface area contributed by atoms with Crippen LogP contribution in [0.1, 0.15) is 41.2 Å². The summed E-state index contributed by atoms with van der Waals surface area (Å²) >= 11 is 9.64. The van der Waals surface area contributed by atoms with Crippen molar-refractivity contribution in [1.29, 1.82) is 0 Å². The van der Waals surface area contributed by atoms with Gasteiger partial charge in [-0.2, -0.15) is 5.10 Å². The number of hydrogen-bond acceptors (Lipinski definition) is 4. The molecular formula is C18H17BrClN3O2. The summed E-state index contributed by atoms with van der Waals surface area (Å²) in [7, 11) is 0. The van der Waals surface area contributed by atoms with E-state index in [-0.39, 0.29) is 11.8 Å². The summed E-state index contributed by atoms with van der Waals surface area (Å²) in [4.78, 5) is 17.3. The Hall–Kier alpha value is -1.50. The second-order valence-electron chi connectivity index (χ2n) is 6.36. The van der Waals surface area contributed by atoms with E-state index >= 15 is 0 Å². The molecule has 1 aromatic carbocycles. The highest BCUT2D eigenvalue weighted by Crippen LogP contribution is 2.33. The van der Waals surface area contributed by atoms with Gasteiger partial charge in [0, 0.05) is 34.8 Å². The first-order chi connectivity index (χ1) is 12.1. The third-order valence-electron chi connectivity index (χ3n) is 4.64. The fourth-order valence-corrected chi connectivity index (χ4v) is 3.91. The van der Waals surface area contributed by atoms with Gasteiger partial charge in [0.1, 0.15) is 0 Å². The number of halogens is 2. The Labute approximate surface area is 159 Å². The maximum Gasteiger partial charge on any atom is 0.173 e. The number of Topliss-reactive ketones (excluding diaryl/α,β-unsaturated/α-hetero) is 1. The van der Waals surface area contributed by atoms with Gasteiger partial charge >= 0.3 is 0 Å². The van der Waals surface area contributed by atoms with Crippen LogP contribution >= 0.6 is 27.5 Å². The monoisotopic (exact) mass is 421 g/mol. The first kappa shape index (κ1) is 16.9. The zero-order valence-electron chi connectivity index (χ0n) is 13.5. The van der Waals surface area contributed by atoms with Gasteiger partial charge in [0.2, 0.25) is 0 Å². The van der Waals surface area contributed by atoms with Gasteiger partial charge in [-0.1, -0.05) is 27.5 Å². The molecule has 0 spiro atoms. The number of fused-ring (bicyclic) bond motifs is 1. The summed E-state index contributed by atoms with van der Waals surface area (Å²) in [6, 6.07) is 5.90. The number of nitrogens with zero attached hydrogens (tertiary/aromatic N) is 3. The highest BCUT2D eigenvalue weighted by Gasteiger charge is 2.28. The lowest BCUT2D eigenvalue weighted by Crippen LogP contribution is -2.22. The van der Waals surface area contributed by atoms with E-state index in [1.165, 1.54) is 0 Å². The van der Waals surface area contributed by atoms with E-state index in [4.69, 9.17) is 21.3 Å². The quantitative estimate of drug-likeness (QED) is 0.729. The van der Waals surface area contributed by atoms with Gasteiger partial charge in [-0.05, 0) is 36.6 Å². The number of ether oxygens (including phenoxy) is 1. The summed E-state index contributed by atoms with van der Waals surface area (Å²) in [5.41, 5.74) is 2.49. The first-order valence-electron chi connectivity index (χ1n) is 8.30. The number of ketones is 1. The lowest BCUT2D eigenvalue weighted by molar-refractivity contribution is 0.0667. The predicted octanol–water partition coefficient (Wildman–Crippen LogP) is 4.55. The Morgan fingerprint density at radius 3 is 2.92 bits per heavy atom. The molecular weight excluding hydrogens is 406 g/mol. The van der Waals surface area contributed by atoms with E-state index in [9.17, 15) is 4.79 Å². The molecule has 130 valence electrons. The van der Waals surface area contributed by atoms with Crippen molar-refractivity contribution in [2.45, 2.75) is 31.7 Å². The minimum atomic E-state index is 0.0801. The fourth-order valence-electron chi connectivity index (χ4n) is 3.33. The lowest BCUT2D eigenvalue weighted by Gasteiger charge is -2.24. The van der Waals surface area contributed by atoms with E-state index < -0.39 is 0 Å². The number of aromatic nitrogens is 2. The normalized spacial score (nSPS) is 18.2. The molecule has 1 fully saturated rings. The highest BCUT2D eigenvalue weighted by atomic mass is 79.9. The Morgan fingerprint density at radius 1 is 1.32 bits per heavy atom. The van der Waals surface area contributed by atoms with Crippen molar-refractivity contribution in [1.82, 2.24) is 9.78 Å². The average Bonchev–Trinajstić information content (AvgIpc) is 3.03. The van der Waals surface area contributed by atoms with Crippen LogP contribution in [0.2, 0.25) is 5.02 Å². The van der Waals surface area contributed by atoms with Crippen LogP contribution in [0.15, 0.2) is 33.9 Å². The second kappa shape index (κ2) is 7.02. The van der Waals surface area contributed by atoms with Crippen LogP contribution in [-0.4, -0.2) is 34.5 Å². The van der Waals surface area contributed by atoms with Gasteiger partial charge in [0.15, 0.2) is 11.6 Å². The van der Waals surface area contributed by atoms with Crippen molar-refractivity contribution in [2.75, 3.05) is 13.2 Å². The van der Waals surface area contributed by atoms with Crippen LogP contribution in [-0.2, 0) is 11.2 Å². The maximum absolute atomic E-state index is 12.5. The molecule has 2 aliphatic rings. The smallest absolute Gasteiger partial charge is 0.173 e. The molecule has 0 aliphatic carbocycles. The van der Waals surface area contributed by atoms with Crippen molar-refractivity contribution in [3.63, 3.8) is 0 Å². The van der Waals surface area contributed by atoms with Crippen molar-refractivity contribution >= 4 is 44.8 Å². The van der Waals surface area contributed by atoms with E-state index in [0.29, 0.717) is 29.2 Å². The molecule has 2 aliphatic heterocycles. The third kappa shape index (κ3) is 3.43. The molecule has 1 saturated heterocycles. The highest BCUT2D eigenvalue weighted by molar-refractivity contribution is 9.10. The Kier molecular flexibility index (Phi) is 4.75. The summed E-state index contributed by atoms with van der Waals surface area (Å²) < 4.78 is 8.30. The van der Waals surface area contributed by atoms with Crippen molar-refractivity contribution < 1.29 is 9.53 Å². The van der Waals surface area contributed by atoms with Gasteiger partial charge in [0.05, 0.1) is 24.2 Å². The van der Waals surface area contributed by atoms with E-state index in [1.807, 2.05) is 22.9 Å². The Bertz CT molecular complexity index is 856. The predicted molar refractivity (Wildman–Crippen MR) is 100 cm³/mol. The van der Waals surface area contributed by atoms with Crippen LogP contribution in [0.25, 0.3) is 0 Å². The first-order valence-corrected chi connectivity index (χ1v) is 9.48. The summed E-state index contributed by atoms with van der Waals surface area (Å²) in [6.45, 7) is 1.44. The molecule has 0 radical (unpaired) electrons. The topological polar surface area (TPSA) is 56.5 Å². The molecule has 0 atom stereocenters. The zero-order valence-corrected chi connectivity index (χ0v) is 15.9. The number of carbonyl (C=O) groups excluding carboxylic acids is 1. The van der Waals surface area contributed by atoms with Crippen LogP contribution in [0, 0.1) is 0 Å². The zero-order chi connectivity index (χ0) is 17.4. The van der Waals surface area contributed by atoms with Crippen LogP contribution in [0.3, 0.4) is 0 Å². The molecule has 0 unspecified atom stereocenters. The molecule has 5 nitrogen and oxygen atoms in total. The van der Waals surface area contributed by atoms with Crippen molar-refractivity contribution in [3.05, 3.63) is 45.0 Å². The van der Waals surface area contributed by atoms with Crippen molar-refractivity contribution in [3.8, 4) is 0 Å². The van der Waals surface area contributed by atoms with E-state index in [0.717, 1.165) is 41.8 Å². The van der Waals surface area contributed by atoms with Gasteiger partial charge in [0.25, 0.3) is 0 Å². The molecule has 1 aromatic heterocycles. The van der Waals surface area contributed by atoms with Crippen LogP contribution < -0.4 is 0 Å². The fraction of sp³-hybridized carbons (Fsp3) is 0.389. The number of carbonyl (C=O) groups is 1. The molecule has 0 saturated carbocycles. The summed E-state index contributed by atoms with van der Waals surface area (Å²) in [6.07, 6.45) is 4.36. The van der Waals surface area contributed by atoms with Crippen LogP contribution in [0.4, 0.5) is 5.82 Å². The Balaban J connectivity index is 1.67. The molecule has 25 heavy (non-hydrogen) atoms. The minimum Gasteiger partial charge on any atom is -0.381 e. The molecule has 4 rings (SSSR count). The largest absolute Gasteiger partial charge is 0.381 e. The molecule has 3 heterocycles. The van der Waals surface area contributed by atoms with Crippen molar-refractivity contribution in [2.24, 2.45) is 4.99 Å². The summed E-state index contributed by atoms with van der Waals surface area (Å²) in [5.74, 6) is 0.771.